The highest BCUT2D eigenvalue weighted by Gasteiger charge is 2.45. The maximum absolute atomic E-state index is 10.4. The second-order valence-corrected chi connectivity index (χ2v) is 8.01. The van der Waals surface area contributed by atoms with Crippen molar-refractivity contribution in [2.24, 2.45) is 0 Å². The van der Waals surface area contributed by atoms with E-state index in [2.05, 4.69) is 0 Å². The van der Waals surface area contributed by atoms with Crippen LogP contribution in [-0.2, 0) is 4.74 Å². The van der Waals surface area contributed by atoms with E-state index < -0.39 is 37.3 Å². The normalized spacial score (nSPS) is 32.7. The molecule has 7 atom stereocenters. The van der Waals surface area contributed by atoms with Gasteiger partial charge in [-0.25, -0.2) is 0 Å². The first kappa shape index (κ1) is 21.1. The van der Waals surface area contributed by atoms with Crippen molar-refractivity contribution >= 4 is 0 Å². The lowest BCUT2D eigenvalue weighted by Gasteiger charge is -2.39. The minimum absolute atomic E-state index is 0.0523. The molecule has 0 amide bonds. The minimum atomic E-state index is -1.53. The monoisotopic (exact) mass is 448 g/mol. The number of ether oxygens (including phenoxy) is 5. The fourth-order valence-electron chi connectivity index (χ4n) is 4.41. The van der Waals surface area contributed by atoms with Gasteiger partial charge in [-0.1, -0.05) is 6.07 Å². The van der Waals surface area contributed by atoms with Crippen LogP contribution in [0.4, 0.5) is 0 Å². The number of phenols is 1. The van der Waals surface area contributed by atoms with Gasteiger partial charge in [0.2, 0.25) is 12.0 Å². The molecule has 5 N–H and O–H groups in total. The van der Waals surface area contributed by atoms with Crippen molar-refractivity contribution in [2.75, 3.05) is 20.3 Å². The number of hydrogen-bond donors (Lipinski definition) is 5. The van der Waals surface area contributed by atoms with Crippen molar-refractivity contribution in [3.8, 4) is 28.7 Å². The molecule has 1 saturated heterocycles. The average Bonchev–Trinajstić information content (AvgIpc) is 3.19. The van der Waals surface area contributed by atoms with Gasteiger partial charge in [-0.3, -0.25) is 0 Å². The zero-order valence-corrected chi connectivity index (χ0v) is 17.1. The van der Waals surface area contributed by atoms with Gasteiger partial charge in [-0.05, 0) is 18.2 Å². The summed E-state index contributed by atoms with van der Waals surface area (Å²) < 4.78 is 28.2. The number of rotatable bonds is 4. The third kappa shape index (κ3) is 3.23. The molecule has 0 aromatic heterocycles. The number of aromatic hydroxyl groups is 1. The average molecular weight is 448 g/mol. The molecule has 3 heterocycles. The van der Waals surface area contributed by atoms with E-state index in [0.29, 0.717) is 29.6 Å². The zero-order valence-electron chi connectivity index (χ0n) is 17.1. The Morgan fingerprint density at radius 1 is 1.03 bits per heavy atom. The molecule has 1 fully saturated rings. The van der Waals surface area contributed by atoms with E-state index in [9.17, 15) is 25.5 Å². The molecule has 10 nitrogen and oxygen atoms in total. The molecule has 2 aromatic rings. The fourth-order valence-corrected chi connectivity index (χ4v) is 4.41. The van der Waals surface area contributed by atoms with Gasteiger partial charge in [0, 0.05) is 17.2 Å². The Balaban J connectivity index is 1.37. The molecular formula is C22H24O10. The Morgan fingerprint density at radius 2 is 1.81 bits per heavy atom. The summed E-state index contributed by atoms with van der Waals surface area (Å²) in [6, 6.07) is 8.54. The zero-order chi connectivity index (χ0) is 22.6. The Hall–Kier alpha value is -2.76. The highest BCUT2D eigenvalue weighted by molar-refractivity contribution is 5.60. The third-order valence-corrected chi connectivity index (χ3v) is 6.17. The van der Waals surface area contributed by atoms with Crippen LogP contribution in [0.25, 0.3) is 0 Å². The van der Waals surface area contributed by atoms with Gasteiger partial charge in [-0.2, -0.15) is 0 Å². The van der Waals surface area contributed by atoms with Crippen molar-refractivity contribution in [3.63, 3.8) is 0 Å². The van der Waals surface area contributed by atoms with Crippen LogP contribution in [0.2, 0.25) is 0 Å². The number of fused-ring (bicyclic) bond motifs is 5. The van der Waals surface area contributed by atoms with E-state index in [4.69, 9.17) is 23.7 Å². The summed E-state index contributed by atoms with van der Waals surface area (Å²) in [5.74, 6) is 1.35. The largest absolute Gasteiger partial charge is 0.502 e. The molecule has 0 bridgehead atoms. The first-order valence-corrected chi connectivity index (χ1v) is 10.2. The van der Waals surface area contributed by atoms with E-state index in [1.165, 1.54) is 7.11 Å². The number of aliphatic hydroxyl groups is 4. The van der Waals surface area contributed by atoms with Crippen LogP contribution >= 0.6 is 0 Å². The summed E-state index contributed by atoms with van der Waals surface area (Å²) in [4.78, 5) is 0. The van der Waals surface area contributed by atoms with Gasteiger partial charge in [0.1, 0.15) is 42.0 Å². The number of aliphatic hydroxyl groups excluding tert-OH is 4. The Kier molecular flexibility index (Phi) is 5.26. The summed E-state index contributed by atoms with van der Waals surface area (Å²) in [6.07, 6.45) is -7.24. The summed E-state index contributed by atoms with van der Waals surface area (Å²) in [5.41, 5.74) is 1.59. The Labute approximate surface area is 183 Å². The van der Waals surface area contributed by atoms with Gasteiger partial charge < -0.3 is 49.2 Å². The van der Waals surface area contributed by atoms with Crippen LogP contribution in [-0.4, -0.2) is 76.6 Å². The van der Waals surface area contributed by atoms with Crippen LogP contribution in [0.15, 0.2) is 30.3 Å². The van der Waals surface area contributed by atoms with Crippen LogP contribution < -0.4 is 18.9 Å². The molecule has 0 saturated carbocycles. The molecule has 5 rings (SSSR count). The number of phenolic OH excluding ortho intramolecular Hbond substituents is 1. The molecule has 3 aliphatic heterocycles. The molecule has 2 aromatic carbocycles. The van der Waals surface area contributed by atoms with E-state index >= 15 is 0 Å². The lowest BCUT2D eigenvalue weighted by molar-refractivity contribution is -0.277. The van der Waals surface area contributed by atoms with E-state index in [0.717, 1.165) is 11.1 Å². The fraction of sp³-hybridized carbons (Fsp3) is 0.455. The molecule has 0 spiro atoms. The number of methoxy groups -OCH3 is 1. The van der Waals surface area contributed by atoms with Crippen molar-refractivity contribution in [3.05, 3.63) is 41.5 Å². The van der Waals surface area contributed by atoms with E-state index in [1.807, 2.05) is 6.07 Å². The van der Waals surface area contributed by atoms with Crippen molar-refractivity contribution in [1.29, 1.82) is 0 Å². The minimum Gasteiger partial charge on any atom is -0.502 e. The van der Waals surface area contributed by atoms with Crippen LogP contribution in [0.1, 0.15) is 23.1 Å². The predicted octanol–water partition coefficient (Wildman–Crippen LogP) is 0.189. The standard InChI is InChI=1S/C22H24O10/c1-28-13-5-4-10-12-8-29-14-6-9(2-3-11(14)20(12)32-21(10)17(13)25)30-22-19(27)18(26)16(24)15(7-23)31-22/h2-6,12,15-16,18-20,22-27H,7-8H2,1H3/t12-,15+,16-,18-,19+,20-,22+/m0/s1. The predicted molar refractivity (Wildman–Crippen MR) is 107 cm³/mol. The Morgan fingerprint density at radius 3 is 2.56 bits per heavy atom. The first-order valence-electron chi connectivity index (χ1n) is 10.2. The molecule has 0 unspecified atom stereocenters. The number of benzene rings is 2. The highest BCUT2D eigenvalue weighted by atomic mass is 16.7. The van der Waals surface area contributed by atoms with Gasteiger partial charge in [0.15, 0.2) is 11.5 Å². The Bertz CT molecular complexity index is 1010. The van der Waals surface area contributed by atoms with Gasteiger partial charge in [-0.15, -0.1) is 0 Å². The lowest BCUT2D eigenvalue weighted by atomic mass is 9.89. The smallest absolute Gasteiger partial charge is 0.229 e. The van der Waals surface area contributed by atoms with Crippen LogP contribution in [0.3, 0.4) is 0 Å². The summed E-state index contributed by atoms with van der Waals surface area (Å²) in [6.45, 7) is -0.226. The summed E-state index contributed by atoms with van der Waals surface area (Å²) in [5, 5.41) is 49.8. The first-order chi connectivity index (χ1) is 15.4. The summed E-state index contributed by atoms with van der Waals surface area (Å²) in [7, 11) is 1.47. The highest BCUT2D eigenvalue weighted by Crippen LogP contribution is 2.56. The quantitative estimate of drug-likeness (QED) is 0.439. The second-order valence-electron chi connectivity index (χ2n) is 8.01. The summed E-state index contributed by atoms with van der Waals surface area (Å²) >= 11 is 0. The molecule has 172 valence electrons. The van der Waals surface area contributed by atoms with Crippen molar-refractivity contribution in [2.45, 2.75) is 42.7 Å². The van der Waals surface area contributed by atoms with Gasteiger partial charge >= 0.3 is 0 Å². The molecule has 0 radical (unpaired) electrons. The molecule has 0 aliphatic carbocycles. The van der Waals surface area contributed by atoms with Crippen molar-refractivity contribution in [1.82, 2.24) is 0 Å². The molecule has 10 heteroatoms. The maximum Gasteiger partial charge on any atom is 0.229 e. The topological polar surface area (TPSA) is 147 Å². The van der Waals surface area contributed by atoms with Crippen molar-refractivity contribution < 1.29 is 49.2 Å². The maximum atomic E-state index is 10.4. The van der Waals surface area contributed by atoms with E-state index in [-0.39, 0.29) is 17.8 Å². The molecule has 3 aliphatic rings. The molecule has 32 heavy (non-hydrogen) atoms. The van der Waals surface area contributed by atoms with Gasteiger partial charge in [0.25, 0.3) is 0 Å². The van der Waals surface area contributed by atoms with E-state index in [1.54, 1.807) is 24.3 Å². The van der Waals surface area contributed by atoms with Crippen LogP contribution in [0.5, 0.6) is 28.7 Å². The second kappa shape index (κ2) is 7.98. The van der Waals surface area contributed by atoms with Crippen LogP contribution in [0, 0.1) is 0 Å². The number of hydrogen-bond acceptors (Lipinski definition) is 10. The third-order valence-electron chi connectivity index (χ3n) is 6.17. The van der Waals surface area contributed by atoms with Gasteiger partial charge in [0.05, 0.1) is 26.2 Å². The SMILES string of the molecule is COc1ccc2c(c1O)O[C@H]1c3ccc(O[C@@H]4O[C@H](CO)[C@H](O)[C@H](O)[C@H]4O)cc3OC[C@@H]21. The lowest BCUT2D eigenvalue weighted by Crippen LogP contribution is -2.60. The molecular weight excluding hydrogens is 424 g/mol.